The molecule has 5 nitrogen and oxygen atoms in total. The number of benzene rings is 2. The summed E-state index contributed by atoms with van der Waals surface area (Å²) < 4.78 is 5.63. The maximum Gasteiger partial charge on any atom is 0.226 e. The number of aryl methyl sites for hydroxylation is 1. The van der Waals surface area contributed by atoms with Crippen LogP contribution in [0.25, 0.3) is 0 Å². The predicted octanol–water partition coefficient (Wildman–Crippen LogP) is 5.07. The fraction of sp³-hybridized carbons (Fsp3) is 0.435. The molecule has 2 aromatic carbocycles. The zero-order valence-electron chi connectivity index (χ0n) is 17.7. The van der Waals surface area contributed by atoms with Gasteiger partial charge in [-0.1, -0.05) is 0 Å². The van der Waals surface area contributed by atoms with Gasteiger partial charge in [-0.2, -0.15) is 0 Å². The van der Waals surface area contributed by atoms with Crippen LogP contribution in [0.3, 0.4) is 0 Å². The third kappa shape index (κ3) is 6.48. The Balaban J connectivity index is 1.82. The molecule has 2 aromatic rings. The van der Waals surface area contributed by atoms with Gasteiger partial charge < -0.3 is 20.3 Å². The van der Waals surface area contributed by atoms with Crippen molar-refractivity contribution in [3.05, 3.63) is 48.0 Å². The second kappa shape index (κ2) is 10.6. The fourth-order valence-electron chi connectivity index (χ4n) is 3.03. The highest BCUT2D eigenvalue weighted by atomic mass is 16.5. The average Bonchev–Trinajstić information content (AvgIpc) is 2.66. The molecule has 0 spiro atoms. The van der Waals surface area contributed by atoms with E-state index in [2.05, 4.69) is 41.5 Å². The maximum atomic E-state index is 12.3. The number of rotatable bonds is 10. The van der Waals surface area contributed by atoms with Crippen LogP contribution in [0, 0.1) is 6.92 Å². The van der Waals surface area contributed by atoms with Crippen LogP contribution in [0.2, 0.25) is 0 Å². The standard InChI is InChI=1S/C23H33N3O2/c1-6-26(7-2)20-10-13-22(18(5)16-20)25-23(27)14-15-24-19-8-11-21(12-9-19)28-17(3)4/h8-13,16-17,24H,6-7,14-15H2,1-5H3,(H,25,27). The van der Waals surface area contributed by atoms with Crippen LogP contribution in [0.4, 0.5) is 17.1 Å². The quantitative estimate of drug-likeness (QED) is 0.601. The van der Waals surface area contributed by atoms with E-state index >= 15 is 0 Å². The molecule has 1 amide bonds. The Morgan fingerprint density at radius 1 is 1.07 bits per heavy atom. The minimum absolute atomic E-state index is 0.00551. The fourth-order valence-corrected chi connectivity index (χ4v) is 3.03. The van der Waals surface area contributed by atoms with Gasteiger partial charge in [0.2, 0.25) is 5.91 Å². The van der Waals surface area contributed by atoms with Gasteiger partial charge in [0, 0.05) is 43.1 Å². The van der Waals surface area contributed by atoms with Crippen LogP contribution >= 0.6 is 0 Å². The van der Waals surface area contributed by atoms with Gasteiger partial charge in [0.05, 0.1) is 6.10 Å². The minimum Gasteiger partial charge on any atom is -0.491 e. The molecule has 0 fully saturated rings. The average molecular weight is 384 g/mol. The van der Waals surface area contributed by atoms with Crippen molar-refractivity contribution in [1.29, 1.82) is 0 Å². The molecule has 2 N–H and O–H groups in total. The van der Waals surface area contributed by atoms with Gasteiger partial charge in [-0.05, 0) is 82.6 Å². The molecule has 0 saturated heterocycles. The van der Waals surface area contributed by atoms with Gasteiger partial charge in [-0.15, -0.1) is 0 Å². The lowest BCUT2D eigenvalue weighted by molar-refractivity contribution is -0.115. The highest BCUT2D eigenvalue weighted by Gasteiger charge is 2.08. The number of ether oxygens (including phenoxy) is 1. The van der Waals surface area contributed by atoms with Crippen molar-refractivity contribution < 1.29 is 9.53 Å². The van der Waals surface area contributed by atoms with E-state index in [1.807, 2.05) is 51.1 Å². The van der Waals surface area contributed by atoms with Gasteiger partial charge in [0.15, 0.2) is 0 Å². The first-order chi connectivity index (χ1) is 13.4. The molecular formula is C23H33N3O2. The van der Waals surface area contributed by atoms with Gasteiger partial charge in [0.25, 0.3) is 0 Å². The number of anilines is 3. The third-order valence-corrected chi connectivity index (χ3v) is 4.52. The summed E-state index contributed by atoms with van der Waals surface area (Å²) in [5.74, 6) is 0.855. The predicted molar refractivity (Wildman–Crippen MR) is 119 cm³/mol. The van der Waals surface area contributed by atoms with E-state index in [9.17, 15) is 4.79 Å². The Kier molecular flexibility index (Phi) is 8.18. The van der Waals surface area contributed by atoms with Crippen molar-refractivity contribution in [2.24, 2.45) is 0 Å². The SMILES string of the molecule is CCN(CC)c1ccc(NC(=O)CCNc2ccc(OC(C)C)cc2)c(C)c1. The summed E-state index contributed by atoms with van der Waals surface area (Å²) in [5.41, 5.74) is 4.11. The van der Waals surface area contributed by atoms with E-state index in [0.29, 0.717) is 13.0 Å². The van der Waals surface area contributed by atoms with Crippen LogP contribution in [0.5, 0.6) is 5.75 Å². The van der Waals surface area contributed by atoms with Crippen molar-refractivity contribution in [2.75, 3.05) is 35.2 Å². The normalized spacial score (nSPS) is 10.6. The largest absolute Gasteiger partial charge is 0.491 e. The van der Waals surface area contributed by atoms with Crippen molar-refractivity contribution in [2.45, 2.75) is 47.1 Å². The molecular weight excluding hydrogens is 350 g/mol. The number of carbonyl (C=O) groups is 1. The molecule has 0 unspecified atom stereocenters. The first-order valence-corrected chi connectivity index (χ1v) is 10.1. The number of hydrogen-bond donors (Lipinski definition) is 2. The van der Waals surface area contributed by atoms with Gasteiger partial charge in [-0.25, -0.2) is 0 Å². The summed E-state index contributed by atoms with van der Waals surface area (Å²) in [6.45, 7) is 12.8. The lowest BCUT2D eigenvalue weighted by Gasteiger charge is -2.22. The second-order valence-corrected chi connectivity index (χ2v) is 7.09. The molecule has 0 radical (unpaired) electrons. The number of hydrogen-bond acceptors (Lipinski definition) is 4. The Morgan fingerprint density at radius 3 is 2.32 bits per heavy atom. The second-order valence-electron chi connectivity index (χ2n) is 7.09. The van der Waals surface area contributed by atoms with Gasteiger partial charge >= 0.3 is 0 Å². The molecule has 0 aliphatic rings. The van der Waals surface area contributed by atoms with E-state index in [0.717, 1.165) is 35.8 Å². The van der Waals surface area contributed by atoms with Gasteiger partial charge in [0.1, 0.15) is 5.75 Å². The molecule has 0 aromatic heterocycles. The van der Waals surface area contributed by atoms with E-state index in [-0.39, 0.29) is 12.0 Å². The Hall–Kier alpha value is -2.69. The molecule has 0 atom stereocenters. The van der Waals surface area contributed by atoms with Crippen molar-refractivity contribution in [3.63, 3.8) is 0 Å². The monoisotopic (exact) mass is 383 g/mol. The number of nitrogens with zero attached hydrogens (tertiary/aromatic N) is 1. The molecule has 0 bridgehead atoms. The van der Waals surface area contributed by atoms with Gasteiger partial charge in [-0.3, -0.25) is 4.79 Å². The van der Waals surface area contributed by atoms with E-state index < -0.39 is 0 Å². The van der Waals surface area contributed by atoms with Crippen molar-refractivity contribution >= 4 is 23.0 Å². The van der Waals surface area contributed by atoms with E-state index in [1.54, 1.807) is 0 Å². The molecule has 5 heteroatoms. The zero-order chi connectivity index (χ0) is 20.5. The van der Waals surface area contributed by atoms with Crippen LogP contribution in [0.1, 0.15) is 39.7 Å². The molecule has 152 valence electrons. The van der Waals surface area contributed by atoms with E-state index in [4.69, 9.17) is 4.74 Å². The summed E-state index contributed by atoms with van der Waals surface area (Å²) in [4.78, 5) is 14.6. The number of carbonyl (C=O) groups excluding carboxylic acids is 1. The third-order valence-electron chi connectivity index (χ3n) is 4.52. The van der Waals surface area contributed by atoms with Crippen molar-refractivity contribution in [1.82, 2.24) is 0 Å². The zero-order valence-corrected chi connectivity index (χ0v) is 17.7. The molecule has 0 saturated carbocycles. The Morgan fingerprint density at radius 2 is 1.75 bits per heavy atom. The molecule has 0 aliphatic heterocycles. The smallest absolute Gasteiger partial charge is 0.226 e. The van der Waals surface area contributed by atoms with E-state index in [1.165, 1.54) is 5.69 Å². The van der Waals surface area contributed by atoms with Crippen molar-refractivity contribution in [3.8, 4) is 5.75 Å². The topological polar surface area (TPSA) is 53.6 Å². The summed E-state index contributed by atoms with van der Waals surface area (Å²) in [6.07, 6.45) is 0.564. The minimum atomic E-state index is 0.00551. The van der Waals surface area contributed by atoms with Crippen LogP contribution < -0.4 is 20.3 Å². The summed E-state index contributed by atoms with van der Waals surface area (Å²) in [6, 6.07) is 14.0. The lowest BCUT2D eigenvalue weighted by atomic mass is 10.1. The lowest BCUT2D eigenvalue weighted by Crippen LogP contribution is -2.22. The number of nitrogens with one attached hydrogen (secondary N) is 2. The molecule has 28 heavy (non-hydrogen) atoms. The Bertz CT molecular complexity index is 753. The summed E-state index contributed by atoms with van der Waals surface area (Å²) >= 11 is 0. The Labute approximate surface area is 169 Å². The highest BCUT2D eigenvalue weighted by molar-refractivity contribution is 5.92. The maximum absolute atomic E-state index is 12.3. The van der Waals surface area contributed by atoms with Crippen LogP contribution in [-0.4, -0.2) is 31.6 Å². The first-order valence-electron chi connectivity index (χ1n) is 10.1. The first kappa shape index (κ1) is 21.6. The molecule has 0 heterocycles. The summed E-state index contributed by atoms with van der Waals surface area (Å²) in [7, 11) is 0. The summed E-state index contributed by atoms with van der Waals surface area (Å²) in [5, 5.41) is 6.28. The molecule has 2 rings (SSSR count). The van der Waals surface area contributed by atoms with Crippen LogP contribution in [-0.2, 0) is 4.79 Å². The number of amides is 1. The highest BCUT2D eigenvalue weighted by Crippen LogP contribution is 2.23. The van der Waals surface area contributed by atoms with Crippen LogP contribution in [0.15, 0.2) is 42.5 Å². The molecule has 0 aliphatic carbocycles.